The second-order valence-electron chi connectivity index (χ2n) is 20.3. The molecule has 0 aliphatic carbocycles. The number of pyridine rings is 4. The van der Waals surface area contributed by atoms with E-state index in [1.807, 2.05) is 61.2 Å². The molecule has 14 nitrogen and oxygen atoms in total. The Labute approximate surface area is 463 Å². The van der Waals surface area contributed by atoms with E-state index in [4.69, 9.17) is 11.5 Å². The number of carbonyl (C=O) groups excluding carboxylic acids is 2. The van der Waals surface area contributed by atoms with Gasteiger partial charge in [0.2, 0.25) is 0 Å². The first-order valence-electron chi connectivity index (χ1n) is 26.7. The summed E-state index contributed by atoms with van der Waals surface area (Å²) in [6, 6.07) is 28.1. The number of nitrogens with two attached hydrogens (primary N) is 2. The van der Waals surface area contributed by atoms with Crippen LogP contribution < -0.4 is 22.1 Å². The van der Waals surface area contributed by atoms with Gasteiger partial charge in [-0.3, -0.25) is 29.4 Å². The average molecular weight is 1080 g/mol. The summed E-state index contributed by atoms with van der Waals surface area (Å²) in [5.41, 5.74) is 20.4. The Balaban J connectivity index is 0.796. The van der Waals surface area contributed by atoms with E-state index in [0.29, 0.717) is 89.5 Å². The Morgan fingerprint density at radius 2 is 1.11 bits per heavy atom. The summed E-state index contributed by atoms with van der Waals surface area (Å²) in [5.74, 6) is 12.6. The number of piperazine rings is 2. The van der Waals surface area contributed by atoms with E-state index < -0.39 is 17.6 Å². The van der Waals surface area contributed by atoms with Crippen LogP contribution in [0.15, 0.2) is 122 Å². The second kappa shape index (κ2) is 24.1. The van der Waals surface area contributed by atoms with Crippen molar-refractivity contribution in [3.05, 3.63) is 189 Å². The third-order valence-corrected chi connectivity index (χ3v) is 15.0. The van der Waals surface area contributed by atoms with Gasteiger partial charge in [-0.2, -0.15) is 13.2 Å². The minimum atomic E-state index is -4.67. The molecule has 2 amide bonds. The summed E-state index contributed by atoms with van der Waals surface area (Å²) in [7, 11) is 0. The highest BCUT2D eigenvalue weighted by Crippen LogP contribution is 2.35. The summed E-state index contributed by atoms with van der Waals surface area (Å²) in [5, 5.41) is 7.29. The van der Waals surface area contributed by atoms with Crippen molar-refractivity contribution in [1.29, 1.82) is 0 Å². The van der Waals surface area contributed by atoms with Gasteiger partial charge in [-0.05, 0) is 127 Å². The van der Waals surface area contributed by atoms with Crippen LogP contribution in [-0.2, 0) is 25.7 Å². The zero-order chi connectivity index (χ0) is 55.9. The Morgan fingerprint density at radius 1 is 0.575 bits per heavy atom. The Hall–Kier alpha value is -8.71. The van der Waals surface area contributed by atoms with Crippen molar-refractivity contribution in [3.63, 3.8) is 0 Å². The number of likely N-dealkylation sites (N-methyl/N-ethyl adjacent to an activating group) is 1. The fraction of sp³-hybridized carbons (Fsp3) is 0.270. The Kier molecular flexibility index (Phi) is 16.5. The first-order chi connectivity index (χ1) is 38.6. The number of aromatic nitrogens is 4. The van der Waals surface area contributed by atoms with Gasteiger partial charge in [0.25, 0.3) is 11.8 Å². The van der Waals surface area contributed by atoms with Crippen molar-refractivity contribution in [2.45, 2.75) is 46.5 Å². The minimum Gasteiger partial charge on any atom is -0.382 e. The van der Waals surface area contributed by atoms with Crippen LogP contribution in [0.5, 0.6) is 0 Å². The van der Waals surface area contributed by atoms with Crippen LogP contribution in [0.2, 0.25) is 0 Å². The van der Waals surface area contributed by atoms with Crippen molar-refractivity contribution >= 4 is 56.6 Å². The number of hydrogen-bond acceptors (Lipinski definition) is 12. The number of amides is 2. The molecule has 10 rings (SSSR count). The van der Waals surface area contributed by atoms with Gasteiger partial charge in [0.15, 0.2) is 0 Å². The molecule has 2 aliphatic heterocycles. The van der Waals surface area contributed by atoms with Gasteiger partial charge < -0.3 is 31.9 Å². The van der Waals surface area contributed by atoms with Crippen LogP contribution >= 0.6 is 0 Å². The van der Waals surface area contributed by atoms with E-state index in [2.05, 4.69) is 88.0 Å². The molecule has 0 spiro atoms. The molecule has 0 saturated carbocycles. The number of nitrogen functional groups attached to an aromatic ring is 2. The Bertz CT molecular complexity index is 3750. The van der Waals surface area contributed by atoms with E-state index in [9.17, 15) is 22.8 Å². The first kappa shape index (κ1) is 54.6. The van der Waals surface area contributed by atoms with Crippen LogP contribution in [0.3, 0.4) is 0 Å². The number of rotatable bonds is 12. The largest absolute Gasteiger partial charge is 0.416 e. The number of fused-ring (bicyclic) bond motifs is 2. The highest BCUT2D eigenvalue weighted by Gasteiger charge is 2.34. The summed E-state index contributed by atoms with van der Waals surface area (Å²) >= 11 is 0. The molecule has 6 heterocycles. The number of nitrogens with zero attached hydrogens (tertiary/aromatic N) is 8. The predicted octanol–water partition coefficient (Wildman–Crippen LogP) is 9.18. The van der Waals surface area contributed by atoms with E-state index >= 15 is 0 Å². The zero-order valence-corrected chi connectivity index (χ0v) is 44.9. The van der Waals surface area contributed by atoms with E-state index in [1.54, 1.807) is 49.1 Å². The summed E-state index contributed by atoms with van der Waals surface area (Å²) < 4.78 is 44.3. The molecule has 0 atom stereocenters. The molecule has 4 aromatic carbocycles. The SMILES string of the molecule is CCN1CCN(Cc2ccc(NC(=O)c3cc(C#Cc4cnc(N)c5ncccc45)c(C)c(CCN4CCN(Cc5ccc(NC(=O)c6ccc(C)c(C#Cc7cnc(N)c8ncccc78)c6)cc5C(F)(F)F)CC4)c3)cc2)CC1. The van der Waals surface area contributed by atoms with Crippen molar-refractivity contribution in [3.8, 4) is 23.7 Å². The number of halogens is 3. The standard InChI is InChI=1S/C63H61F3N12O2/c1-4-75-25-29-77(30-26-75)39-43-10-18-52(19-11-43)73-62(80)51-34-45(14-16-49-38-72-60(68)58-55(49)8-6-23-70-58)42(3)46(35-51)21-24-76-27-31-78(32-28-76)40-50-17-20-53(36-56(50)63(64,65)66)74-61(79)47-12-9-41(2)44(33-47)13-15-48-37-71-59(67)57-54(48)7-5-22-69-57/h5-12,17-20,22-23,33-38H,4,21,24-32,39-40H2,1-3H3,(H2,67,71)(H2,68,72)(H,73,80)(H,74,79). The normalized spacial score (nSPS) is 14.5. The number of aryl methyl sites for hydroxylation is 1. The van der Waals surface area contributed by atoms with Gasteiger partial charge in [0.1, 0.15) is 22.7 Å². The van der Waals surface area contributed by atoms with Crippen LogP contribution in [-0.4, -0.2) is 117 Å². The van der Waals surface area contributed by atoms with Crippen LogP contribution in [0.4, 0.5) is 36.2 Å². The number of benzene rings is 4. The topological polar surface area (TPSA) is 175 Å². The summed E-state index contributed by atoms with van der Waals surface area (Å²) in [6.07, 6.45) is 2.43. The molecule has 4 aromatic heterocycles. The molecule has 0 radical (unpaired) electrons. The third-order valence-electron chi connectivity index (χ3n) is 15.0. The lowest BCUT2D eigenvalue weighted by molar-refractivity contribution is -0.138. The van der Waals surface area contributed by atoms with Crippen molar-refractivity contribution in [2.24, 2.45) is 0 Å². The number of hydrogen-bond donors (Lipinski definition) is 4. The molecule has 80 heavy (non-hydrogen) atoms. The van der Waals surface area contributed by atoms with Gasteiger partial charge in [-0.15, -0.1) is 0 Å². The lowest BCUT2D eigenvalue weighted by Gasteiger charge is -2.35. The molecule has 2 fully saturated rings. The van der Waals surface area contributed by atoms with Gasteiger partial charge in [-0.25, -0.2) is 9.97 Å². The highest BCUT2D eigenvalue weighted by molar-refractivity contribution is 6.05. The molecule has 17 heteroatoms. The minimum absolute atomic E-state index is 0.0243. The molecule has 0 unspecified atom stereocenters. The van der Waals surface area contributed by atoms with E-state index in [1.165, 1.54) is 17.7 Å². The molecule has 6 N–H and O–H groups in total. The van der Waals surface area contributed by atoms with Gasteiger partial charge in [0.05, 0.1) is 16.7 Å². The number of carbonyl (C=O) groups is 2. The van der Waals surface area contributed by atoms with Crippen molar-refractivity contribution < 1.29 is 22.8 Å². The fourth-order valence-electron chi connectivity index (χ4n) is 10.2. The van der Waals surface area contributed by atoms with Gasteiger partial charge in [-0.1, -0.05) is 54.9 Å². The average Bonchev–Trinajstić information content (AvgIpc) is 3.48. The lowest BCUT2D eigenvalue weighted by Crippen LogP contribution is -2.46. The highest BCUT2D eigenvalue weighted by atomic mass is 19.4. The monoisotopic (exact) mass is 1070 g/mol. The number of anilines is 4. The van der Waals surface area contributed by atoms with E-state index in [0.717, 1.165) is 72.8 Å². The molecule has 2 saturated heterocycles. The van der Waals surface area contributed by atoms with Gasteiger partial charge in [0, 0.05) is 141 Å². The molecular formula is C63H61F3N12O2. The second-order valence-corrected chi connectivity index (χ2v) is 20.3. The number of nitrogens with one attached hydrogen (secondary N) is 2. The van der Waals surface area contributed by atoms with E-state index in [-0.39, 0.29) is 35.1 Å². The molecule has 8 aromatic rings. The zero-order valence-electron chi connectivity index (χ0n) is 44.9. The summed E-state index contributed by atoms with van der Waals surface area (Å²) in [4.78, 5) is 54.1. The van der Waals surface area contributed by atoms with Crippen LogP contribution in [0.25, 0.3) is 21.8 Å². The van der Waals surface area contributed by atoms with Crippen LogP contribution in [0, 0.1) is 37.5 Å². The third kappa shape index (κ3) is 12.9. The van der Waals surface area contributed by atoms with Crippen molar-refractivity contribution in [1.82, 2.24) is 39.5 Å². The fourth-order valence-corrected chi connectivity index (χ4v) is 10.2. The number of alkyl halides is 3. The van der Waals surface area contributed by atoms with Crippen molar-refractivity contribution in [2.75, 3.05) is 87.5 Å². The lowest BCUT2D eigenvalue weighted by atomic mass is 9.95. The smallest absolute Gasteiger partial charge is 0.382 e. The first-order valence-corrected chi connectivity index (χ1v) is 26.7. The maximum absolute atomic E-state index is 14.8. The molecule has 406 valence electrons. The molecule has 0 bridgehead atoms. The molecular weight excluding hydrogens is 1010 g/mol. The maximum Gasteiger partial charge on any atom is 0.416 e. The molecule has 2 aliphatic rings. The van der Waals surface area contributed by atoms with Gasteiger partial charge >= 0.3 is 6.18 Å². The summed E-state index contributed by atoms with van der Waals surface area (Å²) in [6.45, 7) is 15.2. The van der Waals surface area contributed by atoms with Crippen LogP contribution in [0.1, 0.15) is 83.3 Å². The predicted molar refractivity (Wildman–Crippen MR) is 309 cm³/mol. The quantitative estimate of drug-likeness (QED) is 0.0856. The maximum atomic E-state index is 14.8. The Morgan fingerprint density at radius 3 is 1.74 bits per heavy atom.